The van der Waals surface area contributed by atoms with Crippen molar-refractivity contribution in [3.63, 3.8) is 0 Å². The van der Waals surface area contributed by atoms with Gasteiger partial charge in [0, 0.05) is 31.6 Å². The molecule has 0 radical (unpaired) electrons. The molecule has 2 aliphatic heterocycles. The molecule has 4 heterocycles. The number of nitrogens with two attached hydrogens (primary N) is 1. The molecule has 5 heteroatoms. The molecular weight excluding hydrogens is 286 g/mol. The van der Waals surface area contributed by atoms with Gasteiger partial charge >= 0.3 is 0 Å². The third-order valence-electron chi connectivity index (χ3n) is 5.01. The van der Waals surface area contributed by atoms with E-state index >= 15 is 0 Å². The lowest BCUT2D eigenvalue weighted by Crippen LogP contribution is -2.31. The largest absolute Gasteiger partial charge is 0.396 e. The molecule has 5 nitrogen and oxygen atoms in total. The highest BCUT2D eigenvalue weighted by atomic mass is 15.2. The summed E-state index contributed by atoms with van der Waals surface area (Å²) in [6.45, 7) is 4.31. The topological polar surface area (TPSA) is 58.3 Å². The zero-order chi connectivity index (χ0) is 15.6. The average molecular weight is 311 g/mol. The zero-order valence-corrected chi connectivity index (χ0v) is 13.7. The summed E-state index contributed by atoms with van der Waals surface area (Å²) in [5, 5.41) is 1.03. The predicted octanol–water partition coefficient (Wildman–Crippen LogP) is 3.19. The minimum atomic E-state index is 0.770. The Bertz CT molecular complexity index is 687. The van der Waals surface area contributed by atoms with Crippen LogP contribution in [-0.4, -0.2) is 36.1 Å². The SMILES string of the molecule is Nc1cc2ccc(N3CCCCC3)nc2nc1N1CCCCC1. The van der Waals surface area contributed by atoms with E-state index in [4.69, 9.17) is 15.7 Å². The number of fused-ring (bicyclic) bond motifs is 1. The summed E-state index contributed by atoms with van der Waals surface area (Å²) in [6, 6.07) is 6.24. The Hall–Kier alpha value is -2.04. The molecule has 2 aromatic heterocycles. The molecule has 0 unspecified atom stereocenters. The highest BCUT2D eigenvalue weighted by Crippen LogP contribution is 2.28. The number of pyridine rings is 2. The van der Waals surface area contributed by atoms with Gasteiger partial charge in [-0.3, -0.25) is 0 Å². The lowest BCUT2D eigenvalue weighted by Gasteiger charge is -2.29. The van der Waals surface area contributed by atoms with Crippen LogP contribution in [0.1, 0.15) is 38.5 Å². The van der Waals surface area contributed by atoms with Crippen LogP contribution in [0.2, 0.25) is 0 Å². The number of aromatic nitrogens is 2. The molecule has 2 N–H and O–H groups in total. The lowest BCUT2D eigenvalue weighted by molar-refractivity contribution is 0.573. The number of nitrogen functional groups attached to an aromatic ring is 1. The summed E-state index contributed by atoms with van der Waals surface area (Å²) in [4.78, 5) is 14.3. The molecule has 0 bridgehead atoms. The van der Waals surface area contributed by atoms with Crippen LogP contribution in [0.5, 0.6) is 0 Å². The maximum absolute atomic E-state index is 6.26. The van der Waals surface area contributed by atoms with Crippen molar-refractivity contribution in [2.24, 2.45) is 0 Å². The van der Waals surface area contributed by atoms with Crippen LogP contribution in [0, 0.1) is 0 Å². The first kappa shape index (κ1) is 14.5. The summed E-state index contributed by atoms with van der Waals surface area (Å²) in [6.07, 6.45) is 7.60. The number of hydrogen-bond acceptors (Lipinski definition) is 5. The van der Waals surface area contributed by atoms with Gasteiger partial charge in [-0.15, -0.1) is 0 Å². The first-order chi connectivity index (χ1) is 11.3. The van der Waals surface area contributed by atoms with E-state index in [-0.39, 0.29) is 0 Å². The third kappa shape index (κ3) is 2.92. The maximum atomic E-state index is 6.26. The Morgan fingerprint density at radius 3 is 2.13 bits per heavy atom. The van der Waals surface area contributed by atoms with Crippen LogP contribution in [0.25, 0.3) is 11.0 Å². The summed E-state index contributed by atoms with van der Waals surface area (Å²) in [5.41, 5.74) is 7.85. The van der Waals surface area contributed by atoms with Crippen LogP contribution in [0.15, 0.2) is 18.2 Å². The van der Waals surface area contributed by atoms with Crippen LogP contribution >= 0.6 is 0 Å². The number of hydrogen-bond donors (Lipinski definition) is 1. The summed E-state index contributed by atoms with van der Waals surface area (Å²) < 4.78 is 0. The molecule has 23 heavy (non-hydrogen) atoms. The van der Waals surface area contributed by atoms with Gasteiger partial charge in [0.15, 0.2) is 11.5 Å². The Morgan fingerprint density at radius 1 is 0.783 bits per heavy atom. The number of anilines is 3. The number of rotatable bonds is 2. The van der Waals surface area contributed by atoms with Crippen molar-refractivity contribution >= 4 is 28.4 Å². The van der Waals surface area contributed by atoms with Gasteiger partial charge in [0.25, 0.3) is 0 Å². The minimum Gasteiger partial charge on any atom is -0.396 e. The molecule has 2 aromatic rings. The summed E-state index contributed by atoms with van der Waals surface area (Å²) in [7, 11) is 0. The van der Waals surface area contributed by atoms with Gasteiger partial charge < -0.3 is 15.5 Å². The standard InChI is InChI=1S/C18H25N5/c19-15-13-14-7-8-16(22-9-3-1-4-10-22)20-17(14)21-18(15)23-11-5-2-6-12-23/h7-8,13H,1-6,9-12,19H2. The molecule has 2 saturated heterocycles. The second-order valence-corrected chi connectivity index (χ2v) is 6.71. The Labute approximate surface area is 137 Å². The fourth-order valence-corrected chi connectivity index (χ4v) is 3.71. The molecule has 122 valence electrons. The van der Waals surface area contributed by atoms with Crippen molar-refractivity contribution in [1.29, 1.82) is 0 Å². The van der Waals surface area contributed by atoms with E-state index in [1.54, 1.807) is 0 Å². The van der Waals surface area contributed by atoms with E-state index in [1.807, 2.05) is 6.07 Å². The second-order valence-electron chi connectivity index (χ2n) is 6.71. The van der Waals surface area contributed by atoms with Gasteiger partial charge in [0.05, 0.1) is 5.69 Å². The minimum absolute atomic E-state index is 0.770. The number of nitrogens with zero attached hydrogens (tertiary/aromatic N) is 4. The van der Waals surface area contributed by atoms with E-state index in [0.29, 0.717) is 0 Å². The van der Waals surface area contributed by atoms with Crippen molar-refractivity contribution in [1.82, 2.24) is 9.97 Å². The molecule has 0 atom stereocenters. The Morgan fingerprint density at radius 2 is 1.43 bits per heavy atom. The fraction of sp³-hybridized carbons (Fsp3) is 0.556. The molecule has 0 aromatic carbocycles. The number of piperidine rings is 2. The highest BCUT2D eigenvalue weighted by molar-refractivity contribution is 5.84. The molecule has 0 saturated carbocycles. The van der Waals surface area contributed by atoms with Crippen LogP contribution < -0.4 is 15.5 Å². The van der Waals surface area contributed by atoms with Crippen molar-refractivity contribution in [2.75, 3.05) is 41.7 Å². The van der Waals surface area contributed by atoms with Crippen molar-refractivity contribution in [3.05, 3.63) is 18.2 Å². The van der Waals surface area contributed by atoms with Gasteiger partial charge in [0.2, 0.25) is 0 Å². The van der Waals surface area contributed by atoms with Crippen LogP contribution in [0.3, 0.4) is 0 Å². The molecular formula is C18H25N5. The van der Waals surface area contributed by atoms with Crippen molar-refractivity contribution < 1.29 is 0 Å². The molecule has 0 spiro atoms. The Balaban J connectivity index is 1.69. The van der Waals surface area contributed by atoms with Gasteiger partial charge in [-0.1, -0.05) is 0 Å². The van der Waals surface area contributed by atoms with E-state index in [1.165, 1.54) is 38.5 Å². The van der Waals surface area contributed by atoms with Gasteiger partial charge in [-0.2, -0.15) is 0 Å². The van der Waals surface area contributed by atoms with E-state index < -0.39 is 0 Å². The summed E-state index contributed by atoms with van der Waals surface area (Å²) >= 11 is 0. The van der Waals surface area contributed by atoms with Gasteiger partial charge in [-0.25, -0.2) is 9.97 Å². The lowest BCUT2D eigenvalue weighted by atomic mass is 10.1. The van der Waals surface area contributed by atoms with E-state index in [2.05, 4.69) is 21.9 Å². The van der Waals surface area contributed by atoms with Gasteiger partial charge in [-0.05, 0) is 56.7 Å². The second kappa shape index (κ2) is 6.22. The molecule has 4 rings (SSSR count). The highest BCUT2D eigenvalue weighted by Gasteiger charge is 2.17. The van der Waals surface area contributed by atoms with Crippen molar-refractivity contribution in [3.8, 4) is 0 Å². The van der Waals surface area contributed by atoms with E-state index in [9.17, 15) is 0 Å². The molecule has 2 fully saturated rings. The normalized spacial score (nSPS) is 19.3. The monoisotopic (exact) mass is 311 g/mol. The molecule has 2 aliphatic rings. The average Bonchev–Trinajstić information content (AvgIpc) is 2.62. The van der Waals surface area contributed by atoms with E-state index in [0.717, 1.165) is 54.5 Å². The van der Waals surface area contributed by atoms with Crippen LogP contribution in [0.4, 0.5) is 17.3 Å². The van der Waals surface area contributed by atoms with Gasteiger partial charge in [0.1, 0.15) is 5.82 Å². The fourth-order valence-electron chi connectivity index (χ4n) is 3.71. The summed E-state index contributed by atoms with van der Waals surface area (Å²) in [5.74, 6) is 1.97. The first-order valence-corrected chi connectivity index (χ1v) is 8.88. The smallest absolute Gasteiger partial charge is 0.164 e. The van der Waals surface area contributed by atoms with Crippen molar-refractivity contribution in [2.45, 2.75) is 38.5 Å². The first-order valence-electron chi connectivity index (χ1n) is 8.88. The predicted molar refractivity (Wildman–Crippen MR) is 96.1 cm³/mol. The quantitative estimate of drug-likeness (QED) is 0.923. The zero-order valence-electron chi connectivity index (χ0n) is 13.7. The molecule has 0 aliphatic carbocycles. The molecule has 0 amide bonds. The van der Waals surface area contributed by atoms with Crippen LogP contribution in [-0.2, 0) is 0 Å². The maximum Gasteiger partial charge on any atom is 0.164 e. The third-order valence-corrected chi connectivity index (χ3v) is 5.01. The Kier molecular flexibility index (Phi) is 3.93.